The molecule has 1 aliphatic heterocycles. The third kappa shape index (κ3) is 2.85. The van der Waals surface area contributed by atoms with Crippen molar-refractivity contribution >= 4 is 15.5 Å². The van der Waals surface area contributed by atoms with Gasteiger partial charge in [-0.25, -0.2) is 22.9 Å². The fraction of sp³-hybridized carbons (Fsp3) is 0.400. The van der Waals surface area contributed by atoms with Crippen molar-refractivity contribution in [3.8, 4) is 17.1 Å². The Hall–Kier alpha value is -3.01. The summed E-state index contributed by atoms with van der Waals surface area (Å²) in [5.74, 6) is 1.09. The molecular weight excluding hydrogens is 402 g/mol. The number of aryl methyl sites for hydroxylation is 3. The summed E-state index contributed by atoms with van der Waals surface area (Å²) in [5, 5.41) is 9.19. The van der Waals surface area contributed by atoms with Crippen molar-refractivity contribution in [1.82, 2.24) is 33.9 Å². The van der Waals surface area contributed by atoms with E-state index in [1.54, 1.807) is 12.4 Å². The number of sulfone groups is 1. The normalized spacial score (nSPS) is 18.5. The van der Waals surface area contributed by atoms with Crippen LogP contribution >= 0.6 is 0 Å². The third-order valence-electron chi connectivity index (χ3n) is 5.74. The Morgan fingerprint density at radius 1 is 1.17 bits per heavy atom. The summed E-state index contributed by atoms with van der Waals surface area (Å²) in [4.78, 5) is 9.27. The summed E-state index contributed by atoms with van der Waals surface area (Å²) in [6, 6.07) is 1.86. The number of rotatable bonds is 3. The Morgan fingerprint density at radius 2 is 1.97 bits per heavy atom. The topological polar surface area (TPSA) is 100.0 Å². The molecule has 4 aromatic heterocycles. The van der Waals surface area contributed by atoms with E-state index in [1.165, 1.54) is 0 Å². The lowest BCUT2D eigenvalue weighted by Crippen LogP contribution is -2.14. The van der Waals surface area contributed by atoms with E-state index in [1.807, 2.05) is 53.7 Å². The van der Waals surface area contributed by atoms with Gasteiger partial charge in [-0.05, 0) is 40.2 Å². The predicted molar refractivity (Wildman–Crippen MR) is 113 cm³/mol. The van der Waals surface area contributed by atoms with E-state index in [0.29, 0.717) is 6.42 Å². The SMILES string of the molecule is Cc1cc(C)n2ncc(-c3nccn3-c3c(C)nn(C4CCS(=O)(=O)C4)c3C)c2n1. The van der Waals surface area contributed by atoms with Crippen LogP contribution in [0.25, 0.3) is 22.7 Å². The van der Waals surface area contributed by atoms with Gasteiger partial charge in [0.05, 0.1) is 46.4 Å². The van der Waals surface area contributed by atoms with Crippen molar-refractivity contribution in [2.75, 3.05) is 11.5 Å². The first-order chi connectivity index (χ1) is 14.2. The van der Waals surface area contributed by atoms with Crippen LogP contribution < -0.4 is 0 Å². The van der Waals surface area contributed by atoms with Gasteiger partial charge in [0, 0.05) is 23.8 Å². The second kappa shape index (κ2) is 6.49. The fourth-order valence-electron chi connectivity index (χ4n) is 4.44. The van der Waals surface area contributed by atoms with Crippen molar-refractivity contribution in [2.45, 2.75) is 40.2 Å². The molecule has 156 valence electrons. The van der Waals surface area contributed by atoms with E-state index in [2.05, 4.69) is 15.1 Å². The maximum Gasteiger partial charge on any atom is 0.166 e. The van der Waals surface area contributed by atoms with E-state index in [4.69, 9.17) is 5.10 Å². The van der Waals surface area contributed by atoms with E-state index in [-0.39, 0.29) is 17.5 Å². The molecule has 0 saturated carbocycles. The molecule has 0 aromatic carbocycles. The number of hydrogen-bond acceptors (Lipinski definition) is 6. The van der Waals surface area contributed by atoms with Crippen LogP contribution in [-0.2, 0) is 9.84 Å². The van der Waals surface area contributed by atoms with Gasteiger partial charge in [0.15, 0.2) is 15.5 Å². The van der Waals surface area contributed by atoms with E-state index >= 15 is 0 Å². The summed E-state index contributed by atoms with van der Waals surface area (Å²) >= 11 is 0. The molecule has 5 heterocycles. The maximum atomic E-state index is 12.0. The average molecular weight is 426 g/mol. The van der Waals surface area contributed by atoms with Crippen LogP contribution in [0.3, 0.4) is 0 Å². The predicted octanol–water partition coefficient (Wildman–Crippen LogP) is 2.37. The van der Waals surface area contributed by atoms with E-state index < -0.39 is 9.84 Å². The van der Waals surface area contributed by atoms with Crippen LogP contribution in [0, 0.1) is 27.7 Å². The van der Waals surface area contributed by atoms with Crippen LogP contribution in [0.5, 0.6) is 0 Å². The molecule has 1 aliphatic rings. The molecule has 1 saturated heterocycles. The molecule has 1 atom stereocenters. The second-order valence-corrected chi connectivity index (χ2v) is 10.2. The van der Waals surface area contributed by atoms with Crippen LogP contribution in [0.2, 0.25) is 0 Å². The molecule has 9 nitrogen and oxygen atoms in total. The Morgan fingerprint density at radius 3 is 2.70 bits per heavy atom. The molecule has 0 N–H and O–H groups in total. The van der Waals surface area contributed by atoms with Gasteiger partial charge in [0.2, 0.25) is 0 Å². The smallest absolute Gasteiger partial charge is 0.166 e. The maximum absolute atomic E-state index is 12.0. The van der Waals surface area contributed by atoms with Crippen molar-refractivity contribution < 1.29 is 8.42 Å². The molecule has 4 aromatic rings. The zero-order chi connectivity index (χ0) is 21.2. The van der Waals surface area contributed by atoms with Gasteiger partial charge in [-0.2, -0.15) is 10.2 Å². The van der Waals surface area contributed by atoms with Crippen molar-refractivity contribution in [3.63, 3.8) is 0 Å². The molecule has 0 bridgehead atoms. The first-order valence-electron chi connectivity index (χ1n) is 9.87. The van der Waals surface area contributed by atoms with Crippen LogP contribution in [0.15, 0.2) is 24.7 Å². The van der Waals surface area contributed by atoms with Crippen molar-refractivity contribution in [1.29, 1.82) is 0 Å². The summed E-state index contributed by atoms with van der Waals surface area (Å²) in [7, 11) is -2.99. The zero-order valence-corrected chi connectivity index (χ0v) is 18.2. The molecule has 5 rings (SSSR count). The number of fused-ring (bicyclic) bond motifs is 1. The molecule has 10 heteroatoms. The van der Waals surface area contributed by atoms with Gasteiger partial charge in [-0.1, -0.05) is 0 Å². The molecule has 30 heavy (non-hydrogen) atoms. The highest BCUT2D eigenvalue weighted by Gasteiger charge is 2.32. The number of nitrogens with zero attached hydrogens (tertiary/aromatic N) is 7. The third-order valence-corrected chi connectivity index (χ3v) is 7.49. The number of aromatic nitrogens is 7. The van der Waals surface area contributed by atoms with Crippen LogP contribution in [0.4, 0.5) is 0 Å². The van der Waals surface area contributed by atoms with Crippen LogP contribution in [0.1, 0.15) is 35.2 Å². The van der Waals surface area contributed by atoms with Gasteiger partial charge in [-0.3, -0.25) is 9.25 Å². The van der Waals surface area contributed by atoms with Gasteiger partial charge >= 0.3 is 0 Å². The van der Waals surface area contributed by atoms with Gasteiger partial charge in [0.1, 0.15) is 5.82 Å². The molecule has 1 fully saturated rings. The van der Waals surface area contributed by atoms with E-state index in [0.717, 1.165) is 45.5 Å². The fourth-order valence-corrected chi connectivity index (χ4v) is 6.13. The molecule has 0 aliphatic carbocycles. The Labute approximate surface area is 174 Å². The molecule has 1 unspecified atom stereocenters. The largest absolute Gasteiger partial charge is 0.296 e. The minimum Gasteiger partial charge on any atom is -0.296 e. The zero-order valence-electron chi connectivity index (χ0n) is 17.4. The van der Waals surface area contributed by atoms with Gasteiger partial charge < -0.3 is 0 Å². The standard InChI is InChI=1S/C20H23N7O2S/c1-12-9-13(2)26-20(23-12)17(10-22-26)19-21-6-7-25(19)18-14(3)24-27(15(18)4)16-5-8-30(28,29)11-16/h6-7,9-10,16H,5,8,11H2,1-4H3. The Kier molecular flexibility index (Phi) is 4.11. The minimum atomic E-state index is -2.99. The lowest BCUT2D eigenvalue weighted by Gasteiger charge is -2.12. The molecule has 0 amide bonds. The highest BCUT2D eigenvalue weighted by Crippen LogP contribution is 2.31. The summed E-state index contributed by atoms with van der Waals surface area (Å²) in [5.41, 5.74) is 6.17. The summed E-state index contributed by atoms with van der Waals surface area (Å²) in [6.45, 7) is 7.88. The van der Waals surface area contributed by atoms with Crippen molar-refractivity contribution in [2.24, 2.45) is 0 Å². The lowest BCUT2D eigenvalue weighted by molar-refractivity contribution is 0.486. The molecule has 0 radical (unpaired) electrons. The Bertz CT molecular complexity index is 1390. The Balaban J connectivity index is 1.65. The van der Waals surface area contributed by atoms with Crippen LogP contribution in [-0.4, -0.2) is 53.9 Å². The van der Waals surface area contributed by atoms with Gasteiger partial charge in [0.25, 0.3) is 0 Å². The van der Waals surface area contributed by atoms with Gasteiger partial charge in [-0.15, -0.1) is 0 Å². The first-order valence-corrected chi connectivity index (χ1v) is 11.7. The molecule has 0 spiro atoms. The van der Waals surface area contributed by atoms with Crippen molar-refractivity contribution in [3.05, 3.63) is 47.4 Å². The highest BCUT2D eigenvalue weighted by atomic mass is 32.2. The second-order valence-electron chi connectivity index (χ2n) is 7.97. The first kappa shape index (κ1) is 19.0. The summed E-state index contributed by atoms with van der Waals surface area (Å²) < 4.78 is 29.6. The number of hydrogen-bond donors (Lipinski definition) is 0. The lowest BCUT2D eigenvalue weighted by atomic mass is 10.2. The minimum absolute atomic E-state index is 0.127. The monoisotopic (exact) mass is 425 g/mol. The molecular formula is C20H23N7O2S. The number of imidazole rings is 1. The van der Waals surface area contributed by atoms with E-state index in [9.17, 15) is 8.42 Å². The highest BCUT2D eigenvalue weighted by molar-refractivity contribution is 7.91. The summed E-state index contributed by atoms with van der Waals surface area (Å²) in [6.07, 6.45) is 6.02. The quantitative estimate of drug-likeness (QED) is 0.500. The average Bonchev–Trinajstić information content (AvgIpc) is 3.41.